The van der Waals surface area contributed by atoms with Gasteiger partial charge in [-0.15, -0.1) is 17.9 Å². The van der Waals surface area contributed by atoms with Crippen molar-refractivity contribution < 1.29 is 4.79 Å². The van der Waals surface area contributed by atoms with Crippen LogP contribution in [0.5, 0.6) is 0 Å². The van der Waals surface area contributed by atoms with Gasteiger partial charge in [0.1, 0.15) is 0 Å². The first-order valence-corrected chi connectivity index (χ1v) is 6.42. The van der Waals surface area contributed by atoms with Crippen molar-refractivity contribution in [2.75, 3.05) is 11.4 Å². The lowest BCUT2D eigenvalue weighted by atomic mass is 10.1. The number of fused-ring (bicyclic) bond motifs is 1. The average Bonchev–Trinajstić information content (AvgIpc) is 2.93. The number of nitrogens with zero attached hydrogens (tertiary/aromatic N) is 2. The molecule has 1 unspecified atom stereocenters. The van der Waals surface area contributed by atoms with Crippen molar-refractivity contribution in [1.29, 1.82) is 0 Å². The van der Waals surface area contributed by atoms with E-state index in [-0.39, 0.29) is 11.8 Å². The molecule has 1 atom stereocenters. The smallest absolute Gasteiger partial charge is 0.227 e. The van der Waals surface area contributed by atoms with Crippen LogP contribution in [0, 0.1) is 5.92 Å². The molecule has 0 aliphatic carbocycles. The molecule has 1 aromatic carbocycles. The molecular formula is C13H12N2OS. The molecule has 0 N–H and O–H groups in total. The number of hydrogen-bond acceptors (Lipinski definition) is 3. The Morgan fingerprint density at radius 2 is 2.41 bits per heavy atom. The van der Waals surface area contributed by atoms with Crippen molar-refractivity contribution >= 4 is 33.1 Å². The van der Waals surface area contributed by atoms with Gasteiger partial charge in [0.2, 0.25) is 5.91 Å². The van der Waals surface area contributed by atoms with E-state index in [2.05, 4.69) is 11.6 Å². The van der Waals surface area contributed by atoms with E-state index in [1.807, 2.05) is 34.7 Å². The molecule has 1 aliphatic rings. The largest absolute Gasteiger partial charge is 0.312 e. The summed E-state index contributed by atoms with van der Waals surface area (Å²) in [6.07, 6.45) is 2.43. The summed E-state index contributed by atoms with van der Waals surface area (Å²) in [7, 11) is 0. The predicted octanol–water partition coefficient (Wildman–Crippen LogP) is 2.84. The highest BCUT2D eigenvalue weighted by atomic mass is 32.1. The summed E-state index contributed by atoms with van der Waals surface area (Å²) in [5, 5.41) is 0. The van der Waals surface area contributed by atoms with E-state index >= 15 is 0 Å². The van der Waals surface area contributed by atoms with Gasteiger partial charge in [0, 0.05) is 24.6 Å². The van der Waals surface area contributed by atoms with Crippen molar-refractivity contribution in [3.05, 3.63) is 36.4 Å². The third-order valence-corrected chi connectivity index (χ3v) is 3.92. The number of carbonyl (C=O) groups is 1. The molecule has 0 bridgehead atoms. The zero-order chi connectivity index (χ0) is 11.8. The van der Waals surface area contributed by atoms with Crippen LogP contribution in [0.25, 0.3) is 10.2 Å². The number of rotatable bonds is 2. The third-order valence-electron chi connectivity index (χ3n) is 3.11. The topological polar surface area (TPSA) is 33.2 Å². The van der Waals surface area contributed by atoms with Gasteiger partial charge in [0.05, 0.1) is 15.7 Å². The monoisotopic (exact) mass is 244 g/mol. The molecule has 1 fully saturated rings. The van der Waals surface area contributed by atoms with Gasteiger partial charge in [-0.3, -0.25) is 4.79 Å². The fourth-order valence-corrected chi connectivity index (χ4v) is 2.82. The van der Waals surface area contributed by atoms with Gasteiger partial charge in [0.25, 0.3) is 0 Å². The van der Waals surface area contributed by atoms with E-state index in [1.165, 1.54) is 0 Å². The van der Waals surface area contributed by atoms with Gasteiger partial charge in [0.15, 0.2) is 0 Å². The minimum Gasteiger partial charge on any atom is -0.312 e. The van der Waals surface area contributed by atoms with Gasteiger partial charge in [-0.1, -0.05) is 6.08 Å². The Balaban J connectivity index is 1.98. The SMILES string of the molecule is C=CC1CC(=O)N(c2ccc3scnc3c2)C1. The van der Waals surface area contributed by atoms with Gasteiger partial charge in [-0.2, -0.15) is 0 Å². The minimum absolute atomic E-state index is 0.171. The van der Waals surface area contributed by atoms with Crippen LogP contribution in [0.1, 0.15) is 6.42 Å². The number of benzene rings is 1. The minimum atomic E-state index is 0.171. The lowest BCUT2D eigenvalue weighted by Crippen LogP contribution is -2.24. The van der Waals surface area contributed by atoms with Crippen molar-refractivity contribution in [3.8, 4) is 0 Å². The van der Waals surface area contributed by atoms with Crippen molar-refractivity contribution in [1.82, 2.24) is 4.98 Å². The van der Waals surface area contributed by atoms with E-state index in [4.69, 9.17) is 0 Å². The summed E-state index contributed by atoms with van der Waals surface area (Å²) < 4.78 is 1.15. The third kappa shape index (κ3) is 1.74. The molecule has 0 saturated carbocycles. The van der Waals surface area contributed by atoms with Crippen LogP contribution in [0.2, 0.25) is 0 Å². The van der Waals surface area contributed by atoms with Gasteiger partial charge in [-0.25, -0.2) is 4.98 Å². The highest BCUT2D eigenvalue weighted by Gasteiger charge is 2.28. The maximum atomic E-state index is 11.9. The predicted molar refractivity (Wildman–Crippen MR) is 70.3 cm³/mol. The fourth-order valence-electron chi connectivity index (χ4n) is 2.16. The molecular weight excluding hydrogens is 232 g/mol. The van der Waals surface area contributed by atoms with Crippen molar-refractivity contribution in [2.45, 2.75) is 6.42 Å². The van der Waals surface area contributed by atoms with Gasteiger partial charge in [-0.05, 0) is 18.2 Å². The van der Waals surface area contributed by atoms with E-state index < -0.39 is 0 Å². The van der Waals surface area contributed by atoms with Gasteiger partial charge < -0.3 is 4.90 Å². The number of carbonyl (C=O) groups excluding carboxylic acids is 1. The first-order valence-electron chi connectivity index (χ1n) is 5.54. The summed E-state index contributed by atoms with van der Waals surface area (Å²) in [4.78, 5) is 18.0. The fraction of sp³-hybridized carbons (Fsp3) is 0.231. The Bertz CT molecular complexity index is 590. The van der Waals surface area contributed by atoms with Crippen molar-refractivity contribution in [2.24, 2.45) is 5.92 Å². The summed E-state index contributed by atoms with van der Waals surface area (Å²) >= 11 is 1.61. The Kier molecular flexibility index (Phi) is 2.44. The zero-order valence-electron chi connectivity index (χ0n) is 9.30. The highest BCUT2D eigenvalue weighted by molar-refractivity contribution is 7.16. The van der Waals surface area contributed by atoms with E-state index in [0.717, 1.165) is 22.4 Å². The summed E-state index contributed by atoms with van der Waals surface area (Å²) in [5.74, 6) is 0.443. The lowest BCUT2D eigenvalue weighted by molar-refractivity contribution is -0.117. The Morgan fingerprint density at radius 3 is 3.18 bits per heavy atom. The molecule has 3 rings (SSSR count). The van der Waals surface area contributed by atoms with Crippen LogP contribution in [0.3, 0.4) is 0 Å². The maximum absolute atomic E-state index is 11.9. The van der Waals surface area contributed by atoms with E-state index in [0.29, 0.717) is 6.42 Å². The normalized spacial score (nSPS) is 20.1. The van der Waals surface area contributed by atoms with Crippen LogP contribution < -0.4 is 4.90 Å². The first kappa shape index (κ1) is 10.5. The maximum Gasteiger partial charge on any atom is 0.227 e. The van der Waals surface area contributed by atoms with Crippen LogP contribution >= 0.6 is 11.3 Å². The average molecular weight is 244 g/mol. The van der Waals surface area contributed by atoms with Crippen LogP contribution in [0.15, 0.2) is 36.4 Å². The van der Waals surface area contributed by atoms with Crippen LogP contribution in [-0.2, 0) is 4.79 Å². The quantitative estimate of drug-likeness (QED) is 0.761. The second kappa shape index (κ2) is 3.96. The van der Waals surface area contributed by atoms with Crippen LogP contribution in [0.4, 0.5) is 5.69 Å². The van der Waals surface area contributed by atoms with Gasteiger partial charge >= 0.3 is 0 Å². The number of anilines is 1. The van der Waals surface area contributed by atoms with Crippen LogP contribution in [-0.4, -0.2) is 17.4 Å². The number of thiazole rings is 1. The summed E-state index contributed by atoms with van der Waals surface area (Å²) in [5.41, 5.74) is 3.73. The molecule has 3 nitrogen and oxygen atoms in total. The second-order valence-corrected chi connectivity index (χ2v) is 5.09. The second-order valence-electron chi connectivity index (χ2n) is 4.21. The number of hydrogen-bond donors (Lipinski definition) is 0. The molecule has 17 heavy (non-hydrogen) atoms. The Hall–Kier alpha value is -1.68. The van der Waals surface area contributed by atoms with E-state index in [9.17, 15) is 4.79 Å². The highest BCUT2D eigenvalue weighted by Crippen LogP contribution is 2.29. The summed E-state index contributed by atoms with van der Waals surface area (Å²) in [6, 6.07) is 6.00. The molecule has 86 valence electrons. The zero-order valence-corrected chi connectivity index (χ0v) is 10.1. The first-order chi connectivity index (χ1) is 8.28. The molecule has 1 aromatic heterocycles. The molecule has 2 heterocycles. The molecule has 0 radical (unpaired) electrons. The lowest BCUT2D eigenvalue weighted by Gasteiger charge is -2.15. The standard InChI is InChI=1S/C13H12N2OS/c1-2-9-5-13(16)15(7-9)10-3-4-12-11(6-10)14-8-17-12/h2-4,6,8-9H,1,5,7H2. The summed E-state index contributed by atoms with van der Waals surface area (Å²) in [6.45, 7) is 4.49. The Morgan fingerprint density at radius 1 is 1.53 bits per heavy atom. The Labute approximate surface area is 103 Å². The molecule has 1 amide bonds. The molecule has 2 aromatic rings. The molecule has 1 saturated heterocycles. The van der Waals surface area contributed by atoms with E-state index in [1.54, 1.807) is 11.3 Å². The number of amides is 1. The van der Waals surface area contributed by atoms with Crippen molar-refractivity contribution in [3.63, 3.8) is 0 Å². The molecule has 0 spiro atoms. The molecule has 1 aliphatic heterocycles. The number of aromatic nitrogens is 1. The molecule has 4 heteroatoms.